The fraction of sp³-hybridized carbons (Fsp3) is 0.593. The molecule has 0 radical (unpaired) electrons. The minimum atomic E-state index is -1.18. The lowest BCUT2D eigenvalue weighted by Gasteiger charge is -2.38. The minimum absolute atomic E-state index is 0.0422. The van der Waals surface area contributed by atoms with E-state index in [1.807, 2.05) is 12.2 Å². The first-order chi connectivity index (χ1) is 17.3. The van der Waals surface area contributed by atoms with Crippen molar-refractivity contribution >= 4 is 35.0 Å². The molecule has 1 aromatic rings. The van der Waals surface area contributed by atoms with Crippen LogP contribution in [0.3, 0.4) is 0 Å². The average Bonchev–Trinajstić information content (AvgIpc) is 3.48. The summed E-state index contributed by atoms with van der Waals surface area (Å²) in [5.41, 5.74) is -0.635. The lowest BCUT2D eigenvalue weighted by molar-refractivity contribution is -0.142. The van der Waals surface area contributed by atoms with E-state index in [-0.39, 0.29) is 36.9 Å². The van der Waals surface area contributed by atoms with Gasteiger partial charge in [0.2, 0.25) is 17.7 Å². The molecular weight excluding hydrogens is 482 g/mol. The average molecular weight is 516 g/mol. The van der Waals surface area contributed by atoms with Gasteiger partial charge in [-0.25, -0.2) is 0 Å². The molecule has 194 valence electrons. The van der Waals surface area contributed by atoms with Crippen molar-refractivity contribution in [3.05, 3.63) is 41.4 Å². The van der Waals surface area contributed by atoms with Gasteiger partial charge in [0, 0.05) is 30.4 Å². The second kappa shape index (κ2) is 9.80. The Morgan fingerprint density at radius 3 is 2.81 bits per heavy atom. The molecule has 2 saturated heterocycles. The Labute approximate surface area is 216 Å². The number of amides is 3. The highest BCUT2D eigenvalue weighted by molar-refractivity contribution is 6.30. The highest BCUT2D eigenvalue weighted by atomic mass is 35.5. The van der Waals surface area contributed by atoms with Crippen molar-refractivity contribution in [2.75, 3.05) is 25.6 Å². The monoisotopic (exact) mass is 515 g/mol. The molecule has 3 aliphatic heterocycles. The van der Waals surface area contributed by atoms with Crippen LogP contribution in [0.1, 0.15) is 33.1 Å². The van der Waals surface area contributed by atoms with Crippen molar-refractivity contribution in [2.24, 2.45) is 23.7 Å². The molecule has 2 N–H and O–H groups in total. The number of benzene rings is 1. The Morgan fingerprint density at radius 2 is 2.06 bits per heavy atom. The van der Waals surface area contributed by atoms with Crippen LogP contribution in [-0.4, -0.2) is 66.7 Å². The van der Waals surface area contributed by atoms with Gasteiger partial charge < -0.3 is 25.0 Å². The molecule has 1 aromatic carbocycles. The summed E-state index contributed by atoms with van der Waals surface area (Å²) in [6.45, 7) is 4.91. The zero-order chi connectivity index (χ0) is 25.6. The number of nitrogens with zero attached hydrogens (tertiary/aromatic N) is 1. The summed E-state index contributed by atoms with van der Waals surface area (Å²) in [6.07, 6.45) is 6.19. The Kier molecular flexibility index (Phi) is 6.87. The van der Waals surface area contributed by atoms with Crippen LogP contribution in [-0.2, 0) is 23.9 Å². The second-order valence-electron chi connectivity index (χ2n) is 10.6. The van der Waals surface area contributed by atoms with Gasteiger partial charge in [0.05, 0.1) is 24.5 Å². The van der Waals surface area contributed by atoms with Gasteiger partial charge in [0.1, 0.15) is 11.6 Å². The summed E-state index contributed by atoms with van der Waals surface area (Å²) in [4.78, 5) is 42.6. The number of nitrogens with one attached hydrogen (secondary N) is 2. The smallest absolute Gasteiger partial charge is 0.246 e. The highest BCUT2D eigenvalue weighted by Crippen LogP contribution is 2.55. The van der Waals surface area contributed by atoms with Crippen LogP contribution in [0.5, 0.6) is 0 Å². The van der Waals surface area contributed by atoms with Crippen molar-refractivity contribution in [1.29, 1.82) is 0 Å². The topological polar surface area (TPSA) is 97.0 Å². The molecule has 1 saturated carbocycles. The normalized spacial score (nSPS) is 36.7. The number of methoxy groups -OCH3 is 1. The third-order valence-electron chi connectivity index (χ3n) is 8.59. The number of halogens is 1. The van der Waals surface area contributed by atoms with Crippen LogP contribution in [0, 0.1) is 23.7 Å². The molecule has 8 nitrogen and oxygen atoms in total. The van der Waals surface area contributed by atoms with Gasteiger partial charge in [-0.2, -0.15) is 0 Å². The third-order valence-corrected chi connectivity index (χ3v) is 8.82. The summed E-state index contributed by atoms with van der Waals surface area (Å²) in [7, 11) is 1.56. The van der Waals surface area contributed by atoms with Crippen LogP contribution >= 0.6 is 11.6 Å². The summed E-state index contributed by atoms with van der Waals surface area (Å²) in [6, 6.07) is 6.05. The lowest BCUT2D eigenvalue weighted by Crippen LogP contribution is -2.58. The molecule has 2 bridgehead atoms. The maximum absolute atomic E-state index is 13.8. The SMILES string of the molecule is COCCN1C(=O)C2C(C(=O)Nc3cccc(Cl)c3)C3C=CC2(O3)C1C(=O)NC1CCCC(C)C1C. The van der Waals surface area contributed by atoms with Gasteiger partial charge in [-0.3, -0.25) is 14.4 Å². The largest absolute Gasteiger partial charge is 0.383 e. The number of hydrogen-bond acceptors (Lipinski definition) is 5. The Bertz CT molecular complexity index is 1080. The maximum Gasteiger partial charge on any atom is 0.246 e. The summed E-state index contributed by atoms with van der Waals surface area (Å²) >= 11 is 6.08. The predicted octanol–water partition coefficient (Wildman–Crippen LogP) is 3.02. The molecule has 9 heteroatoms. The minimum Gasteiger partial charge on any atom is -0.383 e. The summed E-state index contributed by atoms with van der Waals surface area (Å²) < 4.78 is 11.6. The standard InChI is InChI=1S/C27H34ClN3O5/c1-15-6-4-9-19(16(15)2)30-25(33)23-27-11-10-20(36-27)21(22(27)26(34)31(23)12-13-35-3)24(32)29-18-8-5-7-17(28)14-18/h5,7-8,10-11,14-16,19-23H,4,6,9,12-13H2,1-3H3,(H,29,32)(H,30,33). The van der Waals surface area contributed by atoms with E-state index >= 15 is 0 Å². The second-order valence-corrected chi connectivity index (χ2v) is 11.0. The first kappa shape index (κ1) is 25.2. The number of fused-ring (bicyclic) bond motifs is 1. The molecule has 5 rings (SSSR count). The van der Waals surface area contributed by atoms with Gasteiger partial charge in [0.15, 0.2) is 0 Å². The fourth-order valence-electron chi connectivity index (χ4n) is 6.54. The highest BCUT2D eigenvalue weighted by Gasteiger charge is 2.72. The van der Waals surface area contributed by atoms with E-state index in [1.165, 1.54) is 0 Å². The molecule has 36 heavy (non-hydrogen) atoms. The molecule has 3 amide bonds. The number of rotatable bonds is 7. The Balaban J connectivity index is 1.43. The van der Waals surface area contributed by atoms with Crippen LogP contribution in [0.15, 0.2) is 36.4 Å². The molecule has 3 fully saturated rings. The first-order valence-corrected chi connectivity index (χ1v) is 13.2. The van der Waals surface area contributed by atoms with E-state index in [2.05, 4.69) is 24.5 Å². The summed E-state index contributed by atoms with van der Waals surface area (Å²) in [5, 5.41) is 6.63. The predicted molar refractivity (Wildman–Crippen MR) is 135 cm³/mol. The van der Waals surface area contributed by atoms with E-state index < -0.39 is 29.6 Å². The number of likely N-dealkylation sites (tertiary alicyclic amines) is 1. The van der Waals surface area contributed by atoms with Crippen LogP contribution in [0.2, 0.25) is 5.02 Å². The van der Waals surface area contributed by atoms with Crippen LogP contribution in [0.25, 0.3) is 0 Å². The Morgan fingerprint density at radius 1 is 1.25 bits per heavy atom. The maximum atomic E-state index is 13.8. The molecule has 4 aliphatic rings. The van der Waals surface area contributed by atoms with Gasteiger partial charge in [-0.15, -0.1) is 0 Å². The van der Waals surface area contributed by atoms with Gasteiger partial charge in [0.25, 0.3) is 0 Å². The van der Waals surface area contributed by atoms with Gasteiger partial charge >= 0.3 is 0 Å². The first-order valence-electron chi connectivity index (χ1n) is 12.8. The number of hydrogen-bond donors (Lipinski definition) is 2. The zero-order valence-electron chi connectivity index (χ0n) is 20.9. The zero-order valence-corrected chi connectivity index (χ0v) is 21.7. The summed E-state index contributed by atoms with van der Waals surface area (Å²) in [5.74, 6) is -1.49. The van der Waals surface area contributed by atoms with Crippen molar-refractivity contribution in [3.63, 3.8) is 0 Å². The number of anilines is 1. The Hall–Kier alpha value is -2.42. The lowest BCUT2D eigenvalue weighted by atomic mass is 9.73. The van der Waals surface area contributed by atoms with Crippen molar-refractivity contribution in [3.8, 4) is 0 Å². The van der Waals surface area contributed by atoms with Gasteiger partial charge in [-0.1, -0.05) is 56.5 Å². The van der Waals surface area contributed by atoms with Crippen molar-refractivity contribution < 1.29 is 23.9 Å². The van der Waals surface area contributed by atoms with Gasteiger partial charge in [-0.05, 0) is 36.5 Å². The van der Waals surface area contributed by atoms with E-state index in [9.17, 15) is 14.4 Å². The van der Waals surface area contributed by atoms with E-state index in [0.717, 1.165) is 19.3 Å². The third kappa shape index (κ3) is 4.13. The van der Waals surface area contributed by atoms with Crippen LogP contribution < -0.4 is 10.6 Å². The molecule has 8 atom stereocenters. The molecule has 8 unspecified atom stereocenters. The van der Waals surface area contributed by atoms with Crippen molar-refractivity contribution in [1.82, 2.24) is 10.2 Å². The van der Waals surface area contributed by atoms with E-state index in [0.29, 0.717) is 22.5 Å². The quantitative estimate of drug-likeness (QED) is 0.544. The molecule has 1 spiro atoms. The van der Waals surface area contributed by atoms with Crippen LogP contribution in [0.4, 0.5) is 5.69 Å². The van der Waals surface area contributed by atoms with E-state index in [4.69, 9.17) is 21.1 Å². The number of ether oxygens (including phenoxy) is 2. The molecular formula is C27H34ClN3O5. The number of carbonyl (C=O) groups is 3. The molecule has 0 aromatic heterocycles. The van der Waals surface area contributed by atoms with Crippen molar-refractivity contribution in [2.45, 2.75) is 56.9 Å². The fourth-order valence-corrected chi connectivity index (χ4v) is 6.73. The van der Waals surface area contributed by atoms with E-state index in [1.54, 1.807) is 36.3 Å². The number of carbonyl (C=O) groups excluding carboxylic acids is 3. The molecule has 1 aliphatic carbocycles. The molecule has 3 heterocycles.